The zero-order valence-electron chi connectivity index (χ0n) is 6.60. The van der Waals surface area contributed by atoms with Crippen molar-refractivity contribution in [3.63, 3.8) is 0 Å². The summed E-state index contributed by atoms with van der Waals surface area (Å²) in [6.45, 7) is 0. The molecule has 0 fully saturated rings. The van der Waals surface area contributed by atoms with E-state index in [-0.39, 0.29) is 14.6 Å². The van der Waals surface area contributed by atoms with E-state index in [1.165, 1.54) is 6.07 Å². The second kappa shape index (κ2) is 4.31. The highest BCUT2D eigenvalue weighted by molar-refractivity contribution is 9.11. The molecule has 1 heterocycles. The zero-order valence-corrected chi connectivity index (χ0v) is 9.77. The van der Waals surface area contributed by atoms with Crippen LogP contribution in [0.1, 0.15) is 22.5 Å². The first-order valence-corrected chi connectivity index (χ1v) is 4.96. The van der Waals surface area contributed by atoms with Crippen LogP contribution in [-0.4, -0.2) is 10.9 Å². The highest BCUT2D eigenvalue weighted by atomic mass is 79.9. The van der Waals surface area contributed by atoms with Gasteiger partial charge in [0.1, 0.15) is 10.3 Å². The summed E-state index contributed by atoms with van der Waals surface area (Å²) in [5.41, 5.74) is 4.62. The number of halogens is 4. The van der Waals surface area contributed by atoms with Gasteiger partial charge < -0.3 is 5.73 Å². The summed E-state index contributed by atoms with van der Waals surface area (Å²) < 4.78 is 24.7. The lowest BCUT2D eigenvalue weighted by Crippen LogP contribution is -2.13. The molecule has 1 aromatic rings. The Morgan fingerprint density at radius 3 is 2.50 bits per heavy atom. The van der Waals surface area contributed by atoms with Crippen molar-refractivity contribution in [1.29, 1.82) is 0 Å². The molecule has 0 radical (unpaired) electrons. The summed E-state index contributed by atoms with van der Waals surface area (Å²) in [7, 11) is 0. The minimum atomic E-state index is -2.71. The van der Waals surface area contributed by atoms with Gasteiger partial charge in [-0.05, 0) is 37.9 Å². The molecule has 2 N–H and O–H groups in total. The smallest absolute Gasteiger partial charge is 0.281 e. The molecule has 3 nitrogen and oxygen atoms in total. The molecule has 0 bridgehead atoms. The Hall–Kier alpha value is -0.560. The second-order valence-electron chi connectivity index (χ2n) is 2.36. The van der Waals surface area contributed by atoms with Gasteiger partial charge in [0, 0.05) is 4.47 Å². The number of pyridine rings is 1. The zero-order chi connectivity index (χ0) is 10.9. The van der Waals surface area contributed by atoms with Gasteiger partial charge in [0.05, 0.1) is 5.56 Å². The molecule has 0 saturated heterocycles. The van der Waals surface area contributed by atoms with Crippen LogP contribution in [0.3, 0.4) is 0 Å². The van der Waals surface area contributed by atoms with Crippen molar-refractivity contribution in [2.24, 2.45) is 5.73 Å². The van der Waals surface area contributed by atoms with Gasteiger partial charge in [0.15, 0.2) is 0 Å². The van der Waals surface area contributed by atoms with Crippen LogP contribution in [0.4, 0.5) is 8.78 Å². The molecule has 0 unspecified atom stereocenters. The van der Waals surface area contributed by atoms with Gasteiger partial charge in [0.25, 0.3) is 12.3 Å². The summed E-state index contributed by atoms with van der Waals surface area (Å²) in [4.78, 5) is 14.3. The van der Waals surface area contributed by atoms with E-state index in [0.717, 1.165) is 0 Å². The molecule has 1 aromatic heterocycles. The summed E-state index contributed by atoms with van der Waals surface area (Å²) in [5.74, 6) is -0.731. The van der Waals surface area contributed by atoms with Crippen LogP contribution >= 0.6 is 31.9 Å². The summed E-state index contributed by atoms with van der Waals surface area (Å²) in [5, 5.41) is 0. The Morgan fingerprint density at radius 2 is 2.07 bits per heavy atom. The third-order valence-corrected chi connectivity index (χ3v) is 2.67. The maximum atomic E-state index is 12.3. The minimum Gasteiger partial charge on any atom is -0.366 e. The molecule has 1 rings (SSSR count). The van der Waals surface area contributed by atoms with E-state index in [0.29, 0.717) is 0 Å². The fraction of sp³-hybridized carbons (Fsp3) is 0.143. The number of nitrogens with zero attached hydrogens (tertiary/aromatic N) is 1. The number of hydrogen-bond acceptors (Lipinski definition) is 2. The molecule has 0 saturated carbocycles. The number of primary amides is 1. The number of carbonyl (C=O) groups excluding carboxylic acids is 1. The molecule has 0 aliphatic carbocycles. The Kier molecular flexibility index (Phi) is 3.54. The van der Waals surface area contributed by atoms with Crippen LogP contribution in [0.2, 0.25) is 0 Å². The van der Waals surface area contributed by atoms with Crippen molar-refractivity contribution < 1.29 is 13.6 Å². The van der Waals surface area contributed by atoms with Gasteiger partial charge >= 0.3 is 0 Å². The first kappa shape index (κ1) is 11.5. The quantitative estimate of drug-likeness (QED) is 0.848. The third kappa shape index (κ3) is 2.27. The first-order valence-electron chi connectivity index (χ1n) is 3.37. The van der Waals surface area contributed by atoms with Crippen molar-refractivity contribution in [3.05, 3.63) is 26.4 Å². The van der Waals surface area contributed by atoms with Crippen LogP contribution < -0.4 is 5.73 Å². The summed E-state index contributed by atoms with van der Waals surface area (Å²) in [6.07, 6.45) is -2.71. The molecule has 14 heavy (non-hydrogen) atoms. The van der Waals surface area contributed by atoms with E-state index in [1.807, 2.05) is 0 Å². The van der Waals surface area contributed by atoms with E-state index in [1.54, 1.807) is 0 Å². The molecular formula is C7H4Br2F2N2O. The van der Waals surface area contributed by atoms with Gasteiger partial charge in [-0.3, -0.25) is 4.79 Å². The van der Waals surface area contributed by atoms with E-state index in [2.05, 4.69) is 36.8 Å². The van der Waals surface area contributed by atoms with Crippen molar-refractivity contribution in [3.8, 4) is 0 Å². The molecular weight excluding hydrogens is 326 g/mol. The molecule has 76 valence electrons. The van der Waals surface area contributed by atoms with E-state index >= 15 is 0 Å². The predicted octanol–water partition coefficient (Wildman–Crippen LogP) is 2.64. The first-order chi connectivity index (χ1) is 6.43. The number of aromatic nitrogens is 1. The Bertz CT molecular complexity index is 384. The molecule has 0 aromatic carbocycles. The van der Waals surface area contributed by atoms with Gasteiger partial charge in [-0.1, -0.05) is 0 Å². The number of hydrogen-bond donors (Lipinski definition) is 1. The lowest BCUT2D eigenvalue weighted by molar-refractivity contribution is 0.0998. The van der Waals surface area contributed by atoms with Gasteiger partial charge in [-0.25, -0.2) is 13.8 Å². The molecule has 0 aliphatic heterocycles. The SMILES string of the molecule is NC(=O)c1cc(Br)c(C(F)F)nc1Br. The van der Waals surface area contributed by atoms with E-state index in [4.69, 9.17) is 5.73 Å². The Labute approximate surface area is 94.9 Å². The molecule has 7 heteroatoms. The molecule has 0 spiro atoms. The van der Waals surface area contributed by atoms with Crippen LogP contribution in [-0.2, 0) is 0 Å². The molecule has 0 aliphatic rings. The normalized spacial score (nSPS) is 10.6. The number of rotatable bonds is 2. The largest absolute Gasteiger partial charge is 0.366 e. The number of amides is 1. The van der Waals surface area contributed by atoms with Gasteiger partial charge in [-0.2, -0.15) is 0 Å². The third-order valence-electron chi connectivity index (χ3n) is 1.43. The minimum absolute atomic E-state index is 0.0171. The number of alkyl halides is 2. The predicted molar refractivity (Wildman–Crippen MR) is 53.1 cm³/mol. The fourth-order valence-electron chi connectivity index (χ4n) is 0.805. The fourth-order valence-corrected chi connectivity index (χ4v) is 1.80. The van der Waals surface area contributed by atoms with Crippen molar-refractivity contribution in [2.45, 2.75) is 6.43 Å². The highest BCUT2D eigenvalue weighted by Gasteiger charge is 2.18. The topological polar surface area (TPSA) is 56.0 Å². The Morgan fingerprint density at radius 1 is 1.50 bits per heavy atom. The number of nitrogens with two attached hydrogens (primary N) is 1. The van der Waals surface area contributed by atoms with Crippen LogP contribution in [0.15, 0.2) is 15.1 Å². The Balaban J connectivity index is 3.31. The summed E-state index contributed by atoms with van der Waals surface area (Å²) in [6, 6.07) is 1.21. The van der Waals surface area contributed by atoms with E-state index < -0.39 is 18.0 Å². The monoisotopic (exact) mass is 328 g/mol. The maximum absolute atomic E-state index is 12.3. The maximum Gasteiger partial charge on any atom is 0.281 e. The van der Waals surface area contributed by atoms with Gasteiger partial charge in [-0.15, -0.1) is 0 Å². The van der Waals surface area contributed by atoms with Crippen LogP contribution in [0, 0.1) is 0 Å². The molecule has 0 atom stereocenters. The second-order valence-corrected chi connectivity index (χ2v) is 3.96. The van der Waals surface area contributed by atoms with E-state index in [9.17, 15) is 13.6 Å². The average molecular weight is 330 g/mol. The van der Waals surface area contributed by atoms with Crippen molar-refractivity contribution >= 4 is 37.8 Å². The van der Waals surface area contributed by atoms with Crippen molar-refractivity contribution in [2.75, 3.05) is 0 Å². The number of carbonyl (C=O) groups is 1. The lowest BCUT2D eigenvalue weighted by atomic mass is 10.2. The highest BCUT2D eigenvalue weighted by Crippen LogP contribution is 2.29. The molecule has 1 amide bonds. The summed E-state index contributed by atoms with van der Waals surface area (Å²) >= 11 is 5.76. The van der Waals surface area contributed by atoms with Crippen LogP contribution in [0.25, 0.3) is 0 Å². The van der Waals surface area contributed by atoms with Gasteiger partial charge in [0.2, 0.25) is 0 Å². The average Bonchev–Trinajstić information content (AvgIpc) is 2.07. The standard InChI is InChI=1S/C7H4Br2F2N2O/c8-3-1-2(7(12)14)5(9)13-4(3)6(10)11/h1,6H,(H2,12,14). The van der Waals surface area contributed by atoms with Crippen LogP contribution in [0.5, 0.6) is 0 Å². The van der Waals surface area contributed by atoms with Crippen molar-refractivity contribution in [1.82, 2.24) is 4.98 Å². The lowest BCUT2D eigenvalue weighted by Gasteiger charge is -2.05.